The maximum atomic E-state index is 9.17. The molecule has 0 aromatic heterocycles. The Morgan fingerprint density at radius 1 is 1.10 bits per heavy atom. The molecular weight excluding hydrogens is 266 g/mol. The van der Waals surface area contributed by atoms with E-state index in [1.807, 2.05) is 29.2 Å². The maximum absolute atomic E-state index is 9.17. The van der Waals surface area contributed by atoms with Gasteiger partial charge in [-0.25, -0.2) is 4.99 Å². The molecule has 1 aliphatic carbocycles. The van der Waals surface area contributed by atoms with Gasteiger partial charge in [0.15, 0.2) is 0 Å². The zero-order chi connectivity index (χ0) is 14.9. The van der Waals surface area contributed by atoms with Crippen LogP contribution < -0.4 is 16.4 Å². The van der Waals surface area contributed by atoms with Gasteiger partial charge in [0, 0.05) is 5.69 Å². The summed E-state index contributed by atoms with van der Waals surface area (Å²) in [6.45, 7) is 0.0279. The Hall–Kier alpha value is -2.08. The molecule has 21 heavy (non-hydrogen) atoms. The highest BCUT2D eigenvalue weighted by Crippen LogP contribution is 2.39. The molecule has 6 heteroatoms. The predicted molar refractivity (Wildman–Crippen MR) is 83.9 cm³/mol. The maximum Gasteiger partial charge on any atom is 0.220 e. The van der Waals surface area contributed by atoms with Gasteiger partial charge in [-0.1, -0.05) is 18.6 Å². The highest BCUT2D eigenvalue weighted by molar-refractivity contribution is 6.05. The van der Waals surface area contributed by atoms with E-state index >= 15 is 0 Å². The summed E-state index contributed by atoms with van der Waals surface area (Å²) in [5, 5.41) is 9.17. The van der Waals surface area contributed by atoms with Crippen molar-refractivity contribution in [2.75, 3.05) is 4.90 Å². The lowest BCUT2D eigenvalue weighted by atomic mass is 9.87. The van der Waals surface area contributed by atoms with Gasteiger partial charge in [-0.05, 0) is 43.4 Å². The molecule has 112 valence electrons. The van der Waals surface area contributed by atoms with Crippen LogP contribution in [0.5, 0.6) is 0 Å². The van der Waals surface area contributed by atoms with E-state index in [0.717, 1.165) is 36.9 Å². The molecule has 1 spiro atoms. The third-order valence-corrected chi connectivity index (χ3v) is 4.23. The van der Waals surface area contributed by atoms with E-state index in [1.54, 1.807) is 0 Å². The van der Waals surface area contributed by atoms with Crippen molar-refractivity contribution in [3.05, 3.63) is 29.8 Å². The molecule has 1 saturated carbocycles. The lowest BCUT2D eigenvalue weighted by molar-refractivity contribution is 0.282. The van der Waals surface area contributed by atoms with Gasteiger partial charge in [-0.15, -0.1) is 0 Å². The van der Waals surface area contributed by atoms with Crippen LogP contribution in [0.2, 0.25) is 0 Å². The molecule has 0 bridgehead atoms. The molecule has 0 amide bonds. The topological polar surface area (TPSA) is 100 Å². The SMILES string of the molecule is NC1=NC2(CCCCC2)N(c2ccc(CO)cc2)C(N)=N1. The third kappa shape index (κ3) is 2.47. The minimum absolute atomic E-state index is 0.0279. The summed E-state index contributed by atoms with van der Waals surface area (Å²) in [6.07, 6.45) is 5.27. The van der Waals surface area contributed by atoms with Crippen LogP contribution in [0.1, 0.15) is 37.7 Å². The zero-order valence-electron chi connectivity index (χ0n) is 12.0. The molecule has 0 unspecified atom stereocenters. The molecule has 0 atom stereocenters. The Kier molecular flexibility index (Phi) is 3.55. The standard InChI is InChI=1S/C15H21N5O/c16-13-18-14(17)20(12-6-4-11(10-21)5-7-12)15(19-13)8-2-1-3-9-15/h4-7,21H,1-3,8-10H2,(H4,16,17,18,19). The number of anilines is 1. The first-order valence-corrected chi connectivity index (χ1v) is 7.34. The Morgan fingerprint density at radius 3 is 2.38 bits per heavy atom. The van der Waals surface area contributed by atoms with Crippen LogP contribution in [-0.4, -0.2) is 22.7 Å². The van der Waals surface area contributed by atoms with E-state index < -0.39 is 5.66 Å². The summed E-state index contributed by atoms with van der Waals surface area (Å²) in [5.41, 5.74) is 13.4. The van der Waals surface area contributed by atoms with Crippen molar-refractivity contribution in [3.8, 4) is 0 Å². The fourth-order valence-corrected chi connectivity index (χ4v) is 3.25. The number of hydrogen-bond donors (Lipinski definition) is 3. The lowest BCUT2D eigenvalue weighted by Gasteiger charge is -2.45. The fourth-order valence-electron chi connectivity index (χ4n) is 3.25. The summed E-state index contributed by atoms with van der Waals surface area (Å²) in [6, 6.07) is 7.67. The first-order chi connectivity index (χ1) is 10.1. The first kappa shape index (κ1) is 13.9. The highest BCUT2D eigenvalue weighted by Gasteiger charge is 2.42. The van der Waals surface area contributed by atoms with Gasteiger partial charge in [0.05, 0.1) is 6.61 Å². The number of aliphatic imine (C=N–C) groups is 2. The first-order valence-electron chi connectivity index (χ1n) is 7.34. The van der Waals surface area contributed by atoms with Crippen LogP contribution in [0.25, 0.3) is 0 Å². The van der Waals surface area contributed by atoms with Crippen LogP contribution in [0.3, 0.4) is 0 Å². The number of aliphatic hydroxyl groups excluding tert-OH is 1. The summed E-state index contributed by atoms with van der Waals surface area (Å²) in [4.78, 5) is 10.7. The Labute approximate surface area is 124 Å². The van der Waals surface area contributed by atoms with Gasteiger partial charge in [0.25, 0.3) is 0 Å². The summed E-state index contributed by atoms with van der Waals surface area (Å²) < 4.78 is 0. The molecule has 5 N–H and O–H groups in total. The number of aliphatic hydroxyl groups is 1. The Balaban J connectivity index is 2.01. The highest BCUT2D eigenvalue weighted by atomic mass is 16.3. The van der Waals surface area contributed by atoms with Gasteiger partial charge >= 0.3 is 0 Å². The van der Waals surface area contributed by atoms with Crippen molar-refractivity contribution >= 4 is 17.6 Å². The number of nitrogens with zero attached hydrogens (tertiary/aromatic N) is 3. The van der Waals surface area contributed by atoms with Crippen LogP contribution in [0.4, 0.5) is 5.69 Å². The second-order valence-electron chi connectivity index (χ2n) is 5.64. The zero-order valence-corrected chi connectivity index (χ0v) is 12.0. The van der Waals surface area contributed by atoms with E-state index in [0.29, 0.717) is 5.96 Å². The molecule has 1 aromatic rings. The number of nitrogens with two attached hydrogens (primary N) is 2. The molecule has 3 rings (SSSR count). The number of guanidine groups is 2. The van der Waals surface area contributed by atoms with Crippen molar-refractivity contribution in [2.24, 2.45) is 21.5 Å². The van der Waals surface area contributed by atoms with Crippen molar-refractivity contribution < 1.29 is 5.11 Å². The second-order valence-corrected chi connectivity index (χ2v) is 5.64. The van der Waals surface area contributed by atoms with Gasteiger partial charge in [-0.3, -0.25) is 4.90 Å². The summed E-state index contributed by atoms with van der Waals surface area (Å²) in [7, 11) is 0. The van der Waals surface area contributed by atoms with Crippen LogP contribution in [0, 0.1) is 0 Å². The van der Waals surface area contributed by atoms with Crippen LogP contribution in [-0.2, 0) is 6.61 Å². The number of rotatable bonds is 2. The largest absolute Gasteiger partial charge is 0.392 e. The Bertz CT molecular complexity index is 572. The molecule has 6 nitrogen and oxygen atoms in total. The second kappa shape index (κ2) is 5.37. The molecule has 1 fully saturated rings. The third-order valence-electron chi connectivity index (χ3n) is 4.23. The van der Waals surface area contributed by atoms with E-state index in [4.69, 9.17) is 16.6 Å². The van der Waals surface area contributed by atoms with Crippen molar-refractivity contribution in [3.63, 3.8) is 0 Å². The quantitative estimate of drug-likeness (QED) is 0.763. The molecule has 0 radical (unpaired) electrons. The lowest BCUT2D eigenvalue weighted by Crippen LogP contribution is -2.58. The van der Waals surface area contributed by atoms with Crippen molar-refractivity contribution in [2.45, 2.75) is 44.4 Å². The predicted octanol–water partition coefficient (Wildman–Crippen LogP) is 1.29. The van der Waals surface area contributed by atoms with E-state index in [9.17, 15) is 0 Å². The van der Waals surface area contributed by atoms with Crippen LogP contribution >= 0.6 is 0 Å². The Morgan fingerprint density at radius 2 is 1.76 bits per heavy atom. The van der Waals surface area contributed by atoms with Crippen molar-refractivity contribution in [1.82, 2.24) is 0 Å². The fraction of sp³-hybridized carbons (Fsp3) is 0.467. The molecule has 0 saturated heterocycles. The van der Waals surface area contributed by atoms with Gasteiger partial charge in [0.2, 0.25) is 11.9 Å². The summed E-state index contributed by atoms with van der Waals surface area (Å²) in [5.74, 6) is 0.652. The minimum Gasteiger partial charge on any atom is -0.392 e. The van der Waals surface area contributed by atoms with E-state index in [2.05, 4.69) is 9.98 Å². The number of benzene rings is 1. The van der Waals surface area contributed by atoms with Gasteiger partial charge in [-0.2, -0.15) is 4.99 Å². The normalized spacial score (nSPS) is 21.1. The van der Waals surface area contributed by atoms with E-state index in [1.165, 1.54) is 6.42 Å². The molecular formula is C15H21N5O. The van der Waals surface area contributed by atoms with Gasteiger partial charge < -0.3 is 16.6 Å². The molecule has 1 aliphatic heterocycles. The van der Waals surface area contributed by atoms with Crippen LogP contribution in [0.15, 0.2) is 34.3 Å². The number of hydrogen-bond acceptors (Lipinski definition) is 6. The smallest absolute Gasteiger partial charge is 0.220 e. The molecule has 1 aromatic carbocycles. The monoisotopic (exact) mass is 287 g/mol. The average molecular weight is 287 g/mol. The van der Waals surface area contributed by atoms with Crippen molar-refractivity contribution in [1.29, 1.82) is 0 Å². The van der Waals surface area contributed by atoms with Gasteiger partial charge in [0.1, 0.15) is 5.66 Å². The minimum atomic E-state index is -0.408. The van der Waals surface area contributed by atoms with E-state index in [-0.39, 0.29) is 12.6 Å². The summed E-state index contributed by atoms with van der Waals surface area (Å²) >= 11 is 0. The molecule has 1 heterocycles. The molecule has 2 aliphatic rings. The average Bonchev–Trinajstić information content (AvgIpc) is 2.48.